The summed E-state index contributed by atoms with van der Waals surface area (Å²) < 4.78 is 1.06. The second-order valence-electron chi connectivity index (χ2n) is 3.53. The predicted octanol–water partition coefficient (Wildman–Crippen LogP) is 2.29. The Morgan fingerprint density at radius 3 is 3.00 bits per heavy atom. The number of rotatable bonds is 3. The molecule has 1 aliphatic rings. The SMILES string of the molecule is NCCC1CC(c2ccccc2Br)=NO1. The first-order chi connectivity index (χ1) is 7.31. The van der Waals surface area contributed by atoms with Crippen LogP contribution < -0.4 is 5.73 Å². The monoisotopic (exact) mass is 268 g/mol. The summed E-state index contributed by atoms with van der Waals surface area (Å²) in [5, 5.41) is 4.10. The van der Waals surface area contributed by atoms with Gasteiger partial charge in [0.05, 0.1) is 5.71 Å². The normalized spacial score (nSPS) is 19.9. The Balaban J connectivity index is 2.11. The Labute approximate surface area is 97.4 Å². The molecule has 2 N–H and O–H groups in total. The van der Waals surface area contributed by atoms with E-state index in [0.29, 0.717) is 6.54 Å². The average molecular weight is 269 g/mol. The van der Waals surface area contributed by atoms with Gasteiger partial charge in [-0.25, -0.2) is 0 Å². The zero-order chi connectivity index (χ0) is 10.7. The average Bonchev–Trinajstić information content (AvgIpc) is 2.68. The molecule has 1 atom stereocenters. The van der Waals surface area contributed by atoms with Crippen molar-refractivity contribution in [3.05, 3.63) is 34.3 Å². The van der Waals surface area contributed by atoms with Gasteiger partial charge in [0.15, 0.2) is 0 Å². The van der Waals surface area contributed by atoms with E-state index in [4.69, 9.17) is 10.6 Å². The summed E-state index contributed by atoms with van der Waals surface area (Å²) >= 11 is 3.50. The maximum atomic E-state index is 5.48. The Morgan fingerprint density at radius 2 is 2.27 bits per heavy atom. The van der Waals surface area contributed by atoms with Crippen molar-refractivity contribution in [1.82, 2.24) is 0 Å². The van der Waals surface area contributed by atoms with E-state index in [0.717, 1.165) is 28.6 Å². The summed E-state index contributed by atoms with van der Waals surface area (Å²) in [6, 6.07) is 8.03. The molecule has 0 radical (unpaired) electrons. The number of nitrogens with zero attached hydrogens (tertiary/aromatic N) is 1. The molecule has 0 saturated carbocycles. The van der Waals surface area contributed by atoms with Gasteiger partial charge in [0, 0.05) is 16.5 Å². The van der Waals surface area contributed by atoms with Crippen molar-refractivity contribution < 1.29 is 4.84 Å². The molecule has 1 aromatic rings. The third-order valence-electron chi connectivity index (χ3n) is 2.41. The molecular weight excluding hydrogens is 256 g/mol. The summed E-state index contributed by atoms with van der Waals surface area (Å²) in [6.45, 7) is 0.642. The molecule has 0 saturated heterocycles. The number of nitrogens with two attached hydrogens (primary N) is 1. The molecule has 0 aromatic heterocycles. The fourth-order valence-electron chi connectivity index (χ4n) is 1.62. The van der Waals surface area contributed by atoms with Crippen molar-refractivity contribution in [2.45, 2.75) is 18.9 Å². The van der Waals surface area contributed by atoms with E-state index in [1.165, 1.54) is 0 Å². The molecule has 1 aromatic carbocycles. The molecule has 0 spiro atoms. The quantitative estimate of drug-likeness (QED) is 0.915. The molecule has 3 nitrogen and oxygen atoms in total. The van der Waals surface area contributed by atoms with Crippen LogP contribution in [0.1, 0.15) is 18.4 Å². The molecule has 1 heterocycles. The van der Waals surface area contributed by atoms with Crippen molar-refractivity contribution in [1.29, 1.82) is 0 Å². The molecule has 0 bridgehead atoms. The highest BCUT2D eigenvalue weighted by Crippen LogP contribution is 2.23. The summed E-state index contributed by atoms with van der Waals surface area (Å²) in [5.41, 5.74) is 7.59. The van der Waals surface area contributed by atoms with Crippen molar-refractivity contribution in [3.8, 4) is 0 Å². The molecule has 80 valence electrons. The van der Waals surface area contributed by atoms with Gasteiger partial charge >= 0.3 is 0 Å². The molecule has 0 aliphatic carbocycles. The molecule has 4 heteroatoms. The van der Waals surface area contributed by atoms with Gasteiger partial charge in [0.1, 0.15) is 6.10 Å². The van der Waals surface area contributed by atoms with Gasteiger partial charge < -0.3 is 10.6 Å². The number of oxime groups is 1. The Bertz CT molecular complexity index is 379. The number of hydrogen-bond donors (Lipinski definition) is 1. The predicted molar refractivity (Wildman–Crippen MR) is 63.8 cm³/mol. The van der Waals surface area contributed by atoms with Gasteiger partial charge in [-0.05, 0) is 19.0 Å². The van der Waals surface area contributed by atoms with E-state index in [1.54, 1.807) is 0 Å². The van der Waals surface area contributed by atoms with Gasteiger partial charge in [-0.15, -0.1) is 0 Å². The fourth-order valence-corrected chi connectivity index (χ4v) is 2.14. The van der Waals surface area contributed by atoms with Crippen LogP contribution in [0.4, 0.5) is 0 Å². The van der Waals surface area contributed by atoms with E-state index in [1.807, 2.05) is 24.3 Å². The van der Waals surface area contributed by atoms with Crippen molar-refractivity contribution in [2.75, 3.05) is 6.54 Å². The highest BCUT2D eigenvalue weighted by atomic mass is 79.9. The van der Waals surface area contributed by atoms with Crippen LogP contribution in [0.3, 0.4) is 0 Å². The van der Waals surface area contributed by atoms with Crippen LogP contribution in [0.5, 0.6) is 0 Å². The summed E-state index contributed by atoms with van der Waals surface area (Å²) in [5.74, 6) is 0. The first-order valence-corrected chi connectivity index (χ1v) is 5.78. The first-order valence-electron chi connectivity index (χ1n) is 4.99. The molecule has 2 rings (SSSR count). The third kappa shape index (κ3) is 2.38. The zero-order valence-electron chi connectivity index (χ0n) is 8.32. The topological polar surface area (TPSA) is 47.6 Å². The lowest BCUT2D eigenvalue weighted by Gasteiger charge is -2.05. The minimum absolute atomic E-state index is 0.150. The second kappa shape index (κ2) is 4.77. The largest absolute Gasteiger partial charge is 0.392 e. The van der Waals surface area contributed by atoms with Crippen LogP contribution in [0, 0.1) is 0 Å². The van der Waals surface area contributed by atoms with Gasteiger partial charge in [0.25, 0.3) is 0 Å². The number of halogens is 1. The Morgan fingerprint density at radius 1 is 1.47 bits per heavy atom. The van der Waals surface area contributed by atoms with Crippen molar-refractivity contribution in [3.63, 3.8) is 0 Å². The standard InChI is InChI=1S/C11H13BrN2O/c12-10-4-2-1-3-9(10)11-7-8(5-6-13)15-14-11/h1-4,8H,5-7,13H2. The van der Waals surface area contributed by atoms with Crippen LogP contribution in [0.2, 0.25) is 0 Å². The van der Waals surface area contributed by atoms with Gasteiger partial charge in [0.2, 0.25) is 0 Å². The minimum atomic E-state index is 0.150. The highest BCUT2D eigenvalue weighted by Gasteiger charge is 2.22. The lowest BCUT2D eigenvalue weighted by molar-refractivity contribution is 0.0810. The number of hydrogen-bond acceptors (Lipinski definition) is 3. The zero-order valence-corrected chi connectivity index (χ0v) is 9.90. The maximum absolute atomic E-state index is 5.48. The minimum Gasteiger partial charge on any atom is -0.392 e. The van der Waals surface area contributed by atoms with Crippen LogP contribution >= 0.6 is 15.9 Å². The lowest BCUT2D eigenvalue weighted by Crippen LogP contribution is -2.14. The molecule has 1 aliphatic heterocycles. The third-order valence-corrected chi connectivity index (χ3v) is 3.10. The van der Waals surface area contributed by atoms with E-state index >= 15 is 0 Å². The number of benzene rings is 1. The van der Waals surface area contributed by atoms with Gasteiger partial charge in [-0.2, -0.15) is 0 Å². The lowest BCUT2D eigenvalue weighted by atomic mass is 10.0. The van der Waals surface area contributed by atoms with Crippen LogP contribution in [0.15, 0.2) is 33.9 Å². The van der Waals surface area contributed by atoms with E-state index < -0.39 is 0 Å². The maximum Gasteiger partial charge on any atom is 0.134 e. The van der Waals surface area contributed by atoms with Gasteiger partial charge in [-0.1, -0.05) is 39.3 Å². The summed E-state index contributed by atoms with van der Waals surface area (Å²) in [6.07, 6.45) is 1.86. The summed E-state index contributed by atoms with van der Waals surface area (Å²) in [7, 11) is 0. The molecule has 15 heavy (non-hydrogen) atoms. The Kier molecular flexibility index (Phi) is 3.38. The second-order valence-corrected chi connectivity index (χ2v) is 4.38. The van der Waals surface area contributed by atoms with Gasteiger partial charge in [-0.3, -0.25) is 0 Å². The summed E-state index contributed by atoms with van der Waals surface area (Å²) in [4.78, 5) is 5.30. The van der Waals surface area contributed by atoms with Crippen LogP contribution in [0.25, 0.3) is 0 Å². The highest BCUT2D eigenvalue weighted by molar-refractivity contribution is 9.10. The van der Waals surface area contributed by atoms with Crippen LogP contribution in [-0.2, 0) is 4.84 Å². The Hall–Kier alpha value is -0.870. The van der Waals surface area contributed by atoms with E-state index in [-0.39, 0.29) is 6.10 Å². The van der Waals surface area contributed by atoms with Crippen molar-refractivity contribution in [2.24, 2.45) is 10.9 Å². The molecule has 0 amide bonds. The van der Waals surface area contributed by atoms with Crippen LogP contribution in [-0.4, -0.2) is 18.4 Å². The fraction of sp³-hybridized carbons (Fsp3) is 0.364. The smallest absolute Gasteiger partial charge is 0.134 e. The molecule has 0 fully saturated rings. The van der Waals surface area contributed by atoms with E-state index in [9.17, 15) is 0 Å². The first kappa shape index (κ1) is 10.6. The molecular formula is C11H13BrN2O. The van der Waals surface area contributed by atoms with E-state index in [2.05, 4.69) is 21.1 Å². The molecule has 1 unspecified atom stereocenters. The van der Waals surface area contributed by atoms with Crippen molar-refractivity contribution >= 4 is 21.6 Å².